The summed E-state index contributed by atoms with van der Waals surface area (Å²) in [4.78, 5) is 23.9. The van der Waals surface area contributed by atoms with Crippen molar-refractivity contribution in [3.63, 3.8) is 0 Å². The van der Waals surface area contributed by atoms with Crippen molar-refractivity contribution in [2.45, 2.75) is 17.6 Å². The topological polar surface area (TPSA) is 64.0 Å². The lowest BCUT2D eigenvalue weighted by Crippen LogP contribution is -2.33. The lowest BCUT2D eigenvalue weighted by atomic mass is 10.4. The predicted molar refractivity (Wildman–Crippen MR) is 83.6 cm³/mol. The van der Waals surface area contributed by atoms with Crippen LogP contribution in [-0.2, 0) is 17.5 Å². The average Bonchev–Trinajstić information content (AvgIpc) is 2.55. The van der Waals surface area contributed by atoms with Crippen molar-refractivity contribution in [3.05, 3.63) is 58.3 Å². The Morgan fingerprint density at radius 3 is 2.48 bits per heavy atom. The van der Waals surface area contributed by atoms with Crippen LogP contribution in [-0.4, -0.2) is 28.0 Å². The summed E-state index contributed by atoms with van der Waals surface area (Å²) in [5, 5.41) is 5.71. The van der Waals surface area contributed by atoms with Crippen LogP contribution >= 0.6 is 11.8 Å². The number of halogens is 4. The molecule has 10 heteroatoms. The molecule has 0 aliphatic heterocycles. The van der Waals surface area contributed by atoms with Crippen molar-refractivity contribution in [1.29, 1.82) is 0 Å². The summed E-state index contributed by atoms with van der Waals surface area (Å²) in [6.45, 7) is -0.229. The van der Waals surface area contributed by atoms with Crippen molar-refractivity contribution in [1.82, 2.24) is 15.1 Å². The van der Waals surface area contributed by atoms with Gasteiger partial charge in [-0.3, -0.25) is 9.59 Å². The van der Waals surface area contributed by atoms with Gasteiger partial charge in [-0.1, -0.05) is 0 Å². The molecule has 1 aromatic carbocycles. The number of nitrogens with zero attached hydrogens (tertiary/aromatic N) is 2. The summed E-state index contributed by atoms with van der Waals surface area (Å²) < 4.78 is 51.1. The molecule has 0 saturated carbocycles. The Morgan fingerprint density at radius 2 is 1.84 bits per heavy atom. The highest BCUT2D eigenvalue weighted by atomic mass is 32.2. The van der Waals surface area contributed by atoms with E-state index < -0.39 is 17.4 Å². The summed E-state index contributed by atoms with van der Waals surface area (Å²) in [7, 11) is 0. The van der Waals surface area contributed by atoms with Crippen LogP contribution in [0.3, 0.4) is 0 Å². The van der Waals surface area contributed by atoms with E-state index in [4.69, 9.17) is 0 Å². The van der Waals surface area contributed by atoms with Gasteiger partial charge in [0.05, 0.1) is 12.3 Å². The van der Waals surface area contributed by atoms with Gasteiger partial charge in [0.25, 0.3) is 5.56 Å². The molecule has 134 valence electrons. The first kappa shape index (κ1) is 19.0. The number of alkyl halides is 3. The third-order valence-corrected chi connectivity index (χ3v) is 4.00. The van der Waals surface area contributed by atoms with Crippen LogP contribution in [0.4, 0.5) is 17.6 Å². The maximum Gasteiger partial charge on any atom is 0.435 e. The molecular weight excluding hydrogens is 362 g/mol. The third kappa shape index (κ3) is 5.89. The van der Waals surface area contributed by atoms with Crippen LogP contribution in [0.2, 0.25) is 0 Å². The number of hydrogen-bond donors (Lipinski definition) is 1. The first-order valence-electron chi connectivity index (χ1n) is 7.06. The average molecular weight is 375 g/mol. The van der Waals surface area contributed by atoms with Gasteiger partial charge in [-0.25, -0.2) is 9.07 Å². The molecule has 0 bridgehead atoms. The molecule has 0 atom stereocenters. The summed E-state index contributed by atoms with van der Waals surface area (Å²) in [5.41, 5.74) is -1.87. The van der Waals surface area contributed by atoms with E-state index in [-0.39, 0.29) is 30.6 Å². The van der Waals surface area contributed by atoms with Gasteiger partial charge in [0.15, 0.2) is 5.69 Å². The smallest absolute Gasteiger partial charge is 0.354 e. The Labute approximate surface area is 144 Å². The standard InChI is InChI=1S/C15H13F4N3O2S/c16-10-1-3-11(4-2-10)25-9-13(23)20-7-8-22-14(24)6-5-12(21-22)15(17,18)19/h1-6H,7-9H2,(H,20,23). The fraction of sp³-hybridized carbons (Fsp3) is 0.267. The number of benzene rings is 1. The monoisotopic (exact) mass is 375 g/mol. The number of carbonyl (C=O) groups is 1. The lowest BCUT2D eigenvalue weighted by Gasteiger charge is -2.10. The van der Waals surface area contributed by atoms with E-state index in [1.54, 1.807) is 0 Å². The maximum atomic E-state index is 12.8. The molecule has 2 rings (SSSR count). The summed E-state index contributed by atoms with van der Waals surface area (Å²) >= 11 is 1.18. The highest BCUT2D eigenvalue weighted by molar-refractivity contribution is 8.00. The van der Waals surface area contributed by atoms with E-state index in [0.29, 0.717) is 15.6 Å². The van der Waals surface area contributed by atoms with Gasteiger partial charge in [-0.15, -0.1) is 11.8 Å². The SMILES string of the molecule is O=C(CSc1ccc(F)cc1)NCCn1nc(C(F)(F)F)ccc1=O. The fourth-order valence-corrected chi connectivity index (χ4v) is 2.52. The van der Waals surface area contributed by atoms with Crippen LogP contribution in [0.25, 0.3) is 0 Å². The van der Waals surface area contributed by atoms with Crippen molar-refractivity contribution >= 4 is 17.7 Å². The van der Waals surface area contributed by atoms with Crippen molar-refractivity contribution < 1.29 is 22.4 Å². The second-order valence-electron chi connectivity index (χ2n) is 4.87. The van der Waals surface area contributed by atoms with Crippen molar-refractivity contribution in [2.24, 2.45) is 0 Å². The van der Waals surface area contributed by atoms with Crippen LogP contribution < -0.4 is 10.9 Å². The minimum absolute atomic E-state index is 0.0446. The molecule has 2 aromatic rings. The van der Waals surface area contributed by atoms with Crippen molar-refractivity contribution in [2.75, 3.05) is 12.3 Å². The second-order valence-corrected chi connectivity index (χ2v) is 5.92. The van der Waals surface area contributed by atoms with Gasteiger partial charge in [0.1, 0.15) is 5.82 Å². The van der Waals surface area contributed by atoms with Crippen LogP contribution in [0.15, 0.2) is 46.1 Å². The predicted octanol–water partition coefficient (Wildman–Crippen LogP) is 2.31. The van der Waals surface area contributed by atoms with Crippen LogP contribution in [0.5, 0.6) is 0 Å². The summed E-state index contributed by atoms with van der Waals surface area (Å²) in [6, 6.07) is 6.98. The molecule has 0 aliphatic rings. The number of aromatic nitrogens is 2. The van der Waals surface area contributed by atoms with E-state index in [2.05, 4.69) is 10.4 Å². The molecule has 25 heavy (non-hydrogen) atoms. The second kappa shape index (κ2) is 8.15. The van der Waals surface area contributed by atoms with E-state index >= 15 is 0 Å². The molecule has 0 spiro atoms. The molecule has 1 N–H and O–H groups in total. The number of rotatable bonds is 6. The number of carbonyl (C=O) groups excluding carboxylic acids is 1. The number of thioether (sulfide) groups is 1. The van der Waals surface area contributed by atoms with Gasteiger partial charge in [-0.05, 0) is 30.3 Å². The van der Waals surface area contributed by atoms with E-state index in [0.717, 1.165) is 6.07 Å². The van der Waals surface area contributed by atoms with Crippen LogP contribution in [0, 0.1) is 5.82 Å². The Morgan fingerprint density at radius 1 is 1.16 bits per heavy atom. The Hall–Kier alpha value is -2.36. The zero-order valence-corrected chi connectivity index (χ0v) is 13.5. The summed E-state index contributed by atoms with van der Waals surface area (Å²) in [5.74, 6) is -0.696. The Kier molecular flexibility index (Phi) is 6.18. The molecular formula is C15H13F4N3O2S. The molecule has 0 unspecified atom stereocenters. The fourth-order valence-electron chi connectivity index (χ4n) is 1.79. The number of amides is 1. The lowest BCUT2D eigenvalue weighted by molar-refractivity contribution is -0.142. The quantitative estimate of drug-likeness (QED) is 0.622. The van der Waals surface area contributed by atoms with Gasteiger partial charge >= 0.3 is 6.18 Å². The van der Waals surface area contributed by atoms with Gasteiger partial charge in [-0.2, -0.15) is 18.3 Å². The normalized spacial score (nSPS) is 11.4. The summed E-state index contributed by atoms with van der Waals surface area (Å²) in [6.07, 6.45) is -4.65. The van der Waals surface area contributed by atoms with E-state index in [1.807, 2.05) is 0 Å². The zero-order valence-electron chi connectivity index (χ0n) is 12.7. The molecule has 0 aliphatic carbocycles. The maximum absolute atomic E-state index is 12.8. The molecule has 1 amide bonds. The molecule has 5 nitrogen and oxygen atoms in total. The highest BCUT2D eigenvalue weighted by Gasteiger charge is 2.33. The molecule has 0 radical (unpaired) electrons. The molecule has 0 saturated heterocycles. The highest BCUT2D eigenvalue weighted by Crippen LogP contribution is 2.26. The zero-order chi connectivity index (χ0) is 18.4. The van der Waals surface area contributed by atoms with Crippen molar-refractivity contribution in [3.8, 4) is 0 Å². The number of nitrogens with one attached hydrogen (secondary N) is 1. The third-order valence-electron chi connectivity index (χ3n) is 2.99. The largest absolute Gasteiger partial charge is 0.435 e. The Balaban J connectivity index is 1.83. The van der Waals surface area contributed by atoms with E-state index in [1.165, 1.54) is 36.0 Å². The first-order valence-corrected chi connectivity index (χ1v) is 8.05. The van der Waals surface area contributed by atoms with Gasteiger partial charge < -0.3 is 5.32 Å². The molecule has 0 fully saturated rings. The minimum Gasteiger partial charge on any atom is -0.354 e. The molecule has 1 heterocycles. The van der Waals surface area contributed by atoms with Crippen LogP contribution in [0.1, 0.15) is 5.69 Å². The minimum atomic E-state index is -4.65. The first-order chi connectivity index (χ1) is 11.8. The molecule has 1 aromatic heterocycles. The number of hydrogen-bond acceptors (Lipinski definition) is 4. The van der Waals surface area contributed by atoms with Gasteiger partial charge in [0, 0.05) is 17.5 Å². The Bertz CT molecular complexity index is 791. The van der Waals surface area contributed by atoms with E-state index in [9.17, 15) is 27.2 Å². The van der Waals surface area contributed by atoms with Gasteiger partial charge in [0.2, 0.25) is 5.91 Å².